The fourth-order valence-electron chi connectivity index (χ4n) is 3.64. The third kappa shape index (κ3) is 3.74. The third-order valence-electron chi connectivity index (χ3n) is 5.01. The van der Waals surface area contributed by atoms with Crippen molar-refractivity contribution >= 4 is 13.0 Å². The predicted octanol–water partition coefficient (Wildman–Crippen LogP) is 4.48. The van der Waals surface area contributed by atoms with Gasteiger partial charge < -0.3 is 4.57 Å². The molecular formula is C22H25BFN2. The van der Waals surface area contributed by atoms with Crippen LogP contribution in [0.5, 0.6) is 0 Å². The number of hydrogen-bond acceptors (Lipinski definition) is 1. The lowest BCUT2D eigenvalue weighted by molar-refractivity contribution is 0.536. The quantitative estimate of drug-likeness (QED) is 0.601. The van der Waals surface area contributed by atoms with E-state index in [4.69, 9.17) is 0 Å². The van der Waals surface area contributed by atoms with Crippen molar-refractivity contribution < 1.29 is 4.39 Å². The molecule has 2 aromatic carbocycles. The van der Waals surface area contributed by atoms with E-state index in [2.05, 4.69) is 57.3 Å². The summed E-state index contributed by atoms with van der Waals surface area (Å²) in [6.07, 6.45) is 4.68. The van der Waals surface area contributed by atoms with E-state index in [1.807, 2.05) is 29.9 Å². The van der Waals surface area contributed by atoms with Crippen molar-refractivity contribution in [2.45, 2.75) is 38.4 Å². The van der Waals surface area contributed by atoms with Crippen molar-refractivity contribution in [3.05, 3.63) is 83.4 Å². The molecule has 133 valence electrons. The number of benzene rings is 2. The Morgan fingerprint density at radius 2 is 1.92 bits per heavy atom. The number of aromatic nitrogens is 2. The molecule has 0 fully saturated rings. The molecule has 0 spiro atoms. The largest absolute Gasteiger partial charge is 0.347 e. The average Bonchev–Trinajstić information content (AvgIpc) is 3.01. The zero-order valence-electron chi connectivity index (χ0n) is 15.9. The average molecular weight is 347 g/mol. The van der Waals surface area contributed by atoms with E-state index in [0.29, 0.717) is 0 Å². The zero-order chi connectivity index (χ0) is 18.7. The SMILES string of the molecule is CCc1cccc(C(c2ccccc2F)C(C)(C)[B]c2nccn2C)c1. The van der Waals surface area contributed by atoms with Crippen LogP contribution in [0.4, 0.5) is 4.39 Å². The first kappa shape index (κ1) is 18.4. The van der Waals surface area contributed by atoms with E-state index in [9.17, 15) is 4.39 Å². The summed E-state index contributed by atoms with van der Waals surface area (Å²) >= 11 is 0. The van der Waals surface area contributed by atoms with Gasteiger partial charge in [0.1, 0.15) is 5.82 Å². The summed E-state index contributed by atoms with van der Waals surface area (Å²) in [4.78, 5) is 4.44. The summed E-state index contributed by atoms with van der Waals surface area (Å²) in [5.41, 5.74) is 4.00. The summed E-state index contributed by atoms with van der Waals surface area (Å²) in [6.45, 7) is 6.44. The molecule has 0 aliphatic heterocycles. The first-order chi connectivity index (χ1) is 12.4. The van der Waals surface area contributed by atoms with Gasteiger partial charge >= 0.3 is 0 Å². The van der Waals surface area contributed by atoms with Crippen molar-refractivity contribution in [1.29, 1.82) is 0 Å². The second-order valence-corrected chi connectivity index (χ2v) is 7.42. The zero-order valence-corrected chi connectivity index (χ0v) is 15.9. The highest BCUT2D eigenvalue weighted by molar-refractivity contribution is 6.55. The molecule has 0 saturated heterocycles. The number of imidazole rings is 1. The first-order valence-corrected chi connectivity index (χ1v) is 9.09. The van der Waals surface area contributed by atoms with Gasteiger partial charge in [0.15, 0.2) is 0 Å². The van der Waals surface area contributed by atoms with Gasteiger partial charge in [-0.2, -0.15) is 0 Å². The fraction of sp³-hybridized carbons (Fsp3) is 0.318. The Morgan fingerprint density at radius 1 is 1.15 bits per heavy atom. The minimum Gasteiger partial charge on any atom is -0.347 e. The maximum Gasteiger partial charge on any atom is 0.209 e. The van der Waals surface area contributed by atoms with Crippen molar-refractivity contribution in [1.82, 2.24) is 9.55 Å². The normalized spacial score (nSPS) is 12.8. The first-order valence-electron chi connectivity index (χ1n) is 9.09. The molecule has 0 amide bonds. The molecule has 2 nitrogen and oxygen atoms in total. The molecule has 26 heavy (non-hydrogen) atoms. The summed E-state index contributed by atoms with van der Waals surface area (Å²) in [5, 5.41) is -0.326. The van der Waals surface area contributed by atoms with Crippen LogP contribution in [-0.2, 0) is 13.5 Å². The molecule has 1 heterocycles. The van der Waals surface area contributed by atoms with Crippen LogP contribution in [0, 0.1) is 5.82 Å². The third-order valence-corrected chi connectivity index (χ3v) is 5.01. The molecule has 0 aliphatic carbocycles. The van der Waals surface area contributed by atoms with Crippen LogP contribution in [0.25, 0.3) is 0 Å². The Hall–Kier alpha value is -2.36. The van der Waals surface area contributed by atoms with E-state index in [1.165, 1.54) is 5.56 Å². The molecular weight excluding hydrogens is 322 g/mol. The van der Waals surface area contributed by atoms with Crippen molar-refractivity contribution in [2.75, 3.05) is 0 Å². The molecule has 1 radical (unpaired) electrons. The smallest absolute Gasteiger partial charge is 0.209 e. The lowest BCUT2D eigenvalue weighted by atomic mass is 9.46. The van der Waals surface area contributed by atoms with Gasteiger partial charge in [-0.15, -0.1) is 0 Å². The van der Waals surface area contributed by atoms with E-state index in [0.717, 1.165) is 23.3 Å². The van der Waals surface area contributed by atoms with Crippen molar-refractivity contribution in [3.63, 3.8) is 0 Å². The summed E-state index contributed by atoms with van der Waals surface area (Å²) in [7, 11) is 4.12. The Kier molecular flexibility index (Phi) is 5.31. The van der Waals surface area contributed by atoms with Gasteiger partial charge in [0.2, 0.25) is 7.28 Å². The van der Waals surface area contributed by atoms with Gasteiger partial charge in [-0.1, -0.05) is 63.2 Å². The van der Waals surface area contributed by atoms with Gasteiger partial charge in [0, 0.05) is 25.4 Å². The summed E-state index contributed by atoms with van der Waals surface area (Å²) in [6, 6.07) is 15.6. The Labute approximate surface area is 156 Å². The number of rotatable bonds is 6. The number of aryl methyl sites for hydroxylation is 2. The summed E-state index contributed by atoms with van der Waals surface area (Å²) < 4.78 is 16.8. The minimum absolute atomic E-state index is 0.105. The molecule has 3 rings (SSSR count). The molecule has 0 bridgehead atoms. The molecule has 4 heteroatoms. The lowest BCUT2D eigenvalue weighted by Gasteiger charge is -2.35. The van der Waals surface area contributed by atoms with Gasteiger partial charge in [0.05, 0.1) is 5.72 Å². The molecule has 0 aliphatic rings. The van der Waals surface area contributed by atoms with Crippen LogP contribution in [-0.4, -0.2) is 16.8 Å². The maximum atomic E-state index is 14.8. The highest BCUT2D eigenvalue weighted by Crippen LogP contribution is 2.46. The molecule has 0 N–H and O–H groups in total. The van der Waals surface area contributed by atoms with Crippen molar-refractivity contribution in [2.24, 2.45) is 7.05 Å². The fourth-order valence-corrected chi connectivity index (χ4v) is 3.64. The van der Waals surface area contributed by atoms with Crippen LogP contribution in [0.1, 0.15) is 43.4 Å². The van der Waals surface area contributed by atoms with E-state index >= 15 is 0 Å². The van der Waals surface area contributed by atoms with Crippen molar-refractivity contribution in [3.8, 4) is 0 Å². The van der Waals surface area contributed by atoms with Crippen LogP contribution < -0.4 is 5.72 Å². The molecule has 0 saturated carbocycles. The standard InChI is InChI=1S/C22H25BFN2/c1-5-16-9-8-10-17(15-16)20(18-11-6-7-12-19(18)24)22(2,3)23-21-25-13-14-26(21)4/h6-15,20H,5H2,1-4H3. The van der Waals surface area contributed by atoms with Crippen LogP contribution in [0.3, 0.4) is 0 Å². The van der Waals surface area contributed by atoms with Gasteiger partial charge in [-0.25, -0.2) is 4.39 Å². The highest BCUT2D eigenvalue weighted by atomic mass is 19.1. The molecule has 3 aromatic rings. The Bertz CT molecular complexity index is 885. The lowest BCUT2D eigenvalue weighted by Crippen LogP contribution is -2.36. The van der Waals surface area contributed by atoms with Crippen LogP contribution in [0.15, 0.2) is 60.9 Å². The number of hydrogen-bond donors (Lipinski definition) is 0. The van der Waals surface area contributed by atoms with Gasteiger partial charge in [-0.05, 0) is 34.5 Å². The number of nitrogens with zero attached hydrogens (tertiary/aromatic N) is 2. The van der Waals surface area contributed by atoms with E-state index in [1.54, 1.807) is 18.3 Å². The Balaban J connectivity index is 2.10. The van der Waals surface area contributed by atoms with Gasteiger partial charge in [0.25, 0.3) is 0 Å². The second kappa shape index (κ2) is 7.49. The van der Waals surface area contributed by atoms with Gasteiger partial charge in [-0.3, -0.25) is 4.98 Å². The second-order valence-electron chi connectivity index (χ2n) is 7.42. The minimum atomic E-state index is -0.326. The topological polar surface area (TPSA) is 17.8 Å². The maximum absolute atomic E-state index is 14.8. The Morgan fingerprint density at radius 3 is 2.58 bits per heavy atom. The summed E-state index contributed by atoms with van der Waals surface area (Å²) in [5.74, 6) is -0.271. The number of halogens is 1. The highest BCUT2D eigenvalue weighted by Gasteiger charge is 2.36. The molecule has 1 unspecified atom stereocenters. The molecule has 1 atom stereocenters. The van der Waals surface area contributed by atoms with Crippen LogP contribution in [0.2, 0.25) is 5.31 Å². The van der Waals surface area contributed by atoms with E-state index < -0.39 is 0 Å². The van der Waals surface area contributed by atoms with E-state index in [-0.39, 0.29) is 17.0 Å². The molecule has 1 aromatic heterocycles. The monoisotopic (exact) mass is 347 g/mol. The van der Waals surface area contributed by atoms with Crippen LogP contribution >= 0.6 is 0 Å². The predicted molar refractivity (Wildman–Crippen MR) is 107 cm³/mol.